The van der Waals surface area contributed by atoms with E-state index in [0.717, 1.165) is 29.3 Å². The molecule has 0 aliphatic rings. The van der Waals surface area contributed by atoms with Gasteiger partial charge < -0.3 is 5.32 Å². The van der Waals surface area contributed by atoms with Gasteiger partial charge >= 0.3 is 6.18 Å². The highest BCUT2D eigenvalue weighted by atomic mass is 32.2. The van der Waals surface area contributed by atoms with Gasteiger partial charge in [0.2, 0.25) is 0 Å². The average molecular weight is 312 g/mol. The maximum atomic E-state index is 12.5. The Morgan fingerprint density at radius 3 is 2.48 bits per heavy atom. The minimum absolute atomic E-state index is 0.549. The van der Waals surface area contributed by atoms with Crippen molar-refractivity contribution >= 4 is 11.8 Å². The zero-order chi connectivity index (χ0) is 15.5. The SMILES string of the molecule is CNCc1ccc(Sc2ccc(C(F)(F)F)cn2)c(C)c1. The molecule has 2 rings (SSSR count). The van der Waals surface area contributed by atoms with Crippen molar-refractivity contribution in [2.24, 2.45) is 0 Å². The molecule has 0 radical (unpaired) electrons. The van der Waals surface area contributed by atoms with Crippen LogP contribution in [-0.4, -0.2) is 12.0 Å². The van der Waals surface area contributed by atoms with Crippen molar-refractivity contribution in [3.63, 3.8) is 0 Å². The second-order valence-corrected chi connectivity index (χ2v) is 5.68. The van der Waals surface area contributed by atoms with Crippen molar-refractivity contribution in [1.82, 2.24) is 10.3 Å². The van der Waals surface area contributed by atoms with Crippen LogP contribution in [0.4, 0.5) is 13.2 Å². The number of pyridine rings is 1. The summed E-state index contributed by atoms with van der Waals surface area (Å²) in [6, 6.07) is 8.47. The Morgan fingerprint density at radius 2 is 1.95 bits per heavy atom. The van der Waals surface area contributed by atoms with Crippen LogP contribution in [0.15, 0.2) is 46.5 Å². The Morgan fingerprint density at radius 1 is 1.19 bits per heavy atom. The molecule has 0 bridgehead atoms. The van der Waals surface area contributed by atoms with Crippen LogP contribution >= 0.6 is 11.8 Å². The molecule has 0 saturated carbocycles. The smallest absolute Gasteiger partial charge is 0.316 e. The molecule has 0 spiro atoms. The van der Waals surface area contributed by atoms with Gasteiger partial charge in [-0.25, -0.2) is 4.98 Å². The van der Waals surface area contributed by atoms with E-state index in [1.807, 2.05) is 26.1 Å². The van der Waals surface area contributed by atoms with Gasteiger partial charge in [-0.1, -0.05) is 23.9 Å². The third-order valence-electron chi connectivity index (χ3n) is 2.90. The normalized spacial score (nSPS) is 11.7. The van der Waals surface area contributed by atoms with Gasteiger partial charge in [0.15, 0.2) is 0 Å². The fraction of sp³-hybridized carbons (Fsp3) is 0.267. The predicted molar refractivity (Wildman–Crippen MR) is 77.3 cm³/mol. The van der Waals surface area contributed by atoms with Crippen molar-refractivity contribution in [3.8, 4) is 0 Å². The maximum absolute atomic E-state index is 12.5. The lowest BCUT2D eigenvalue weighted by molar-refractivity contribution is -0.137. The summed E-state index contributed by atoms with van der Waals surface area (Å²) in [7, 11) is 1.88. The largest absolute Gasteiger partial charge is 0.417 e. The minimum Gasteiger partial charge on any atom is -0.316 e. The third kappa shape index (κ3) is 4.22. The molecule has 1 N–H and O–H groups in total. The molecular formula is C15H15F3N2S. The van der Waals surface area contributed by atoms with Crippen LogP contribution in [0, 0.1) is 6.92 Å². The van der Waals surface area contributed by atoms with Crippen LogP contribution in [0.5, 0.6) is 0 Å². The second-order valence-electron chi connectivity index (χ2n) is 4.62. The lowest BCUT2D eigenvalue weighted by atomic mass is 10.1. The topological polar surface area (TPSA) is 24.9 Å². The quantitative estimate of drug-likeness (QED) is 0.912. The Kier molecular flexibility index (Phi) is 4.90. The monoisotopic (exact) mass is 312 g/mol. The molecule has 0 aliphatic carbocycles. The molecule has 0 atom stereocenters. The van der Waals surface area contributed by atoms with E-state index in [0.29, 0.717) is 5.03 Å². The van der Waals surface area contributed by atoms with Gasteiger partial charge in [-0.2, -0.15) is 13.2 Å². The Hall–Kier alpha value is -1.53. The Balaban J connectivity index is 2.15. The maximum Gasteiger partial charge on any atom is 0.417 e. The molecule has 0 aliphatic heterocycles. The molecule has 0 amide bonds. The van der Waals surface area contributed by atoms with Gasteiger partial charge in [-0.05, 0) is 43.3 Å². The number of benzene rings is 1. The number of nitrogens with one attached hydrogen (secondary N) is 1. The average Bonchev–Trinajstić information content (AvgIpc) is 2.42. The van der Waals surface area contributed by atoms with Crippen molar-refractivity contribution in [1.29, 1.82) is 0 Å². The fourth-order valence-electron chi connectivity index (χ4n) is 1.86. The number of hydrogen-bond acceptors (Lipinski definition) is 3. The molecule has 0 fully saturated rings. The second kappa shape index (κ2) is 6.49. The van der Waals surface area contributed by atoms with E-state index in [1.54, 1.807) is 0 Å². The predicted octanol–water partition coefficient (Wildman–Crippen LogP) is 4.28. The first-order chi connectivity index (χ1) is 9.90. The summed E-state index contributed by atoms with van der Waals surface area (Å²) >= 11 is 1.36. The van der Waals surface area contributed by atoms with Gasteiger partial charge in [0.1, 0.15) is 5.03 Å². The Bertz CT molecular complexity index is 609. The van der Waals surface area contributed by atoms with E-state index in [-0.39, 0.29) is 0 Å². The van der Waals surface area contributed by atoms with Gasteiger partial charge in [0.25, 0.3) is 0 Å². The molecule has 1 heterocycles. The van der Waals surface area contributed by atoms with Gasteiger partial charge in [-0.3, -0.25) is 0 Å². The highest BCUT2D eigenvalue weighted by molar-refractivity contribution is 7.99. The summed E-state index contributed by atoms with van der Waals surface area (Å²) < 4.78 is 37.4. The molecule has 1 aromatic carbocycles. The molecule has 0 saturated heterocycles. The summed E-state index contributed by atoms with van der Waals surface area (Å²) in [5.41, 5.74) is 1.52. The first kappa shape index (κ1) is 15.9. The van der Waals surface area contributed by atoms with Gasteiger partial charge in [0.05, 0.1) is 5.56 Å². The van der Waals surface area contributed by atoms with Crippen molar-refractivity contribution in [2.45, 2.75) is 29.6 Å². The number of nitrogens with zero attached hydrogens (tertiary/aromatic N) is 1. The number of rotatable bonds is 4. The molecule has 21 heavy (non-hydrogen) atoms. The number of hydrogen-bond donors (Lipinski definition) is 1. The molecule has 0 unspecified atom stereocenters. The van der Waals surface area contributed by atoms with Gasteiger partial charge in [-0.15, -0.1) is 0 Å². The van der Waals surface area contributed by atoms with E-state index in [4.69, 9.17) is 0 Å². The number of aromatic nitrogens is 1. The van der Waals surface area contributed by atoms with E-state index >= 15 is 0 Å². The number of aryl methyl sites for hydroxylation is 1. The minimum atomic E-state index is -4.35. The fourth-order valence-corrected chi connectivity index (χ4v) is 2.68. The van der Waals surface area contributed by atoms with Crippen LogP contribution in [0.25, 0.3) is 0 Å². The summed E-state index contributed by atoms with van der Waals surface area (Å²) in [6.07, 6.45) is -3.48. The molecule has 112 valence electrons. The van der Waals surface area contributed by atoms with E-state index in [9.17, 15) is 13.2 Å². The summed E-state index contributed by atoms with van der Waals surface area (Å²) in [6.45, 7) is 2.76. The van der Waals surface area contributed by atoms with E-state index in [2.05, 4.69) is 16.4 Å². The zero-order valence-corrected chi connectivity index (χ0v) is 12.5. The Labute approximate surface area is 125 Å². The van der Waals surface area contributed by atoms with Crippen molar-refractivity contribution < 1.29 is 13.2 Å². The summed E-state index contributed by atoms with van der Waals surface area (Å²) in [5.74, 6) is 0. The van der Waals surface area contributed by atoms with Crippen LogP contribution < -0.4 is 5.32 Å². The molecule has 1 aromatic heterocycles. The van der Waals surface area contributed by atoms with E-state index < -0.39 is 11.7 Å². The highest BCUT2D eigenvalue weighted by Crippen LogP contribution is 2.32. The summed E-state index contributed by atoms with van der Waals surface area (Å²) in [5, 5.41) is 3.62. The number of halogens is 3. The highest BCUT2D eigenvalue weighted by Gasteiger charge is 2.30. The molecule has 2 nitrogen and oxygen atoms in total. The van der Waals surface area contributed by atoms with Crippen molar-refractivity contribution in [3.05, 3.63) is 53.2 Å². The number of alkyl halides is 3. The summed E-state index contributed by atoms with van der Waals surface area (Å²) in [4.78, 5) is 4.86. The molecule has 2 aromatic rings. The standard InChI is InChI=1S/C15H15F3N2S/c1-10-7-11(8-19-2)3-5-13(10)21-14-6-4-12(9-20-14)15(16,17)18/h3-7,9,19H,8H2,1-2H3. The van der Waals surface area contributed by atoms with Crippen LogP contribution in [0.1, 0.15) is 16.7 Å². The van der Waals surface area contributed by atoms with Crippen LogP contribution in [-0.2, 0) is 12.7 Å². The first-order valence-electron chi connectivity index (χ1n) is 6.35. The van der Waals surface area contributed by atoms with Crippen LogP contribution in [0.3, 0.4) is 0 Å². The lowest BCUT2D eigenvalue weighted by Crippen LogP contribution is -2.05. The van der Waals surface area contributed by atoms with Crippen molar-refractivity contribution in [2.75, 3.05) is 7.05 Å². The molecule has 6 heteroatoms. The van der Waals surface area contributed by atoms with E-state index in [1.165, 1.54) is 23.4 Å². The lowest BCUT2D eigenvalue weighted by Gasteiger charge is -2.09. The first-order valence-corrected chi connectivity index (χ1v) is 7.17. The third-order valence-corrected chi connectivity index (χ3v) is 4.03. The van der Waals surface area contributed by atoms with Gasteiger partial charge in [0, 0.05) is 17.6 Å². The van der Waals surface area contributed by atoms with Crippen LogP contribution in [0.2, 0.25) is 0 Å². The zero-order valence-electron chi connectivity index (χ0n) is 11.7. The molecular weight excluding hydrogens is 297 g/mol.